The molecule has 2 rings (SSSR count). The van der Waals surface area contributed by atoms with Crippen LogP contribution < -0.4 is 11.1 Å². The number of amides is 1. The maximum atomic E-state index is 12.1. The lowest BCUT2D eigenvalue weighted by Crippen LogP contribution is -2.48. The number of morpholine rings is 1. The molecule has 0 radical (unpaired) electrons. The van der Waals surface area contributed by atoms with Gasteiger partial charge in [-0.1, -0.05) is 12.1 Å². The Kier molecular flexibility index (Phi) is 7.11. The number of carbonyl (C=O) groups excluding carboxylic acids is 1. The van der Waals surface area contributed by atoms with Gasteiger partial charge in [0.2, 0.25) is 5.91 Å². The van der Waals surface area contributed by atoms with Gasteiger partial charge in [0.1, 0.15) is 0 Å². The Morgan fingerprint density at radius 3 is 2.95 bits per heavy atom. The van der Waals surface area contributed by atoms with Gasteiger partial charge in [0, 0.05) is 25.3 Å². The summed E-state index contributed by atoms with van der Waals surface area (Å²) in [7, 11) is 0. The van der Waals surface area contributed by atoms with Gasteiger partial charge in [0.05, 0.1) is 19.3 Å². The molecule has 5 nitrogen and oxygen atoms in total. The minimum absolute atomic E-state index is 0. The summed E-state index contributed by atoms with van der Waals surface area (Å²) in [6.07, 6.45) is 0.0391. The van der Waals surface area contributed by atoms with E-state index in [2.05, 4.69) is 10.2 Å². The fourth-order valence-electron chi connectivity index (χ4n) is 2.33. The lowest BCUT2D eigenvalue weighted by atomic mass is 10.1. The van der Waals surface area contributed by atoms with Gasteiger partial charge in [-0.05, 0) is 31.0 Å². The van der Waals surface area contributed by atoms with Gasteiger partial charge in [0.15, 0.2) is 0 Å². The number of aryl methyl sites for hydroxylation is 2. The zero-order valence-electron chi connectivity index (χ0n) is 12.6. The first kappa shape index (κ1) is 17.9. The van der Waals surface area contributed by atoms with Crippen molar-refractivity contribution in [1.82, 2.24) is 4.90 Å². The summed E-state index contributed by atoms with van der Waals surface area (Å²) in [5.74, 6) is 0.0105. The average molecular weight is 314 g/mol. The van der Waals surface area contributed by atoms with E-state index in [4.69, 9.17) is 10.5 Å². The predicted molar refractivity (Wildman–Crippen MR) is 87.0 cm³/mol. The normalized spacial score (nSPS) is 18.9. The highest BCUT2D eigenvalue weighted by Crippen LogP contribution is 2.16. The largest absolute Gasteiger partial charge is 0.374 e. The number of benzene rings is 1. The minimum Gasteiger partial charge on any atom is -0.374 e. The van der Waals surface area contributed by atoms with Gasteiger partial charge in [-0.2, -0.15) is 0 Å². The molecule has 0 aromatic heterocycles. The zero-order chi connectivity index (χ0) is 14.5. The number of nitrogens with two attached hydrogens (primary N) is 1. The summed E-state index contributed by atoms with van der Waals surface area (Å²) in [6, 6.07) is 6.05. The van der Waals surface area contributed by atoms with E-state index in [-0.39, 0.29) is 24.4 Å². The van der Waals surface area contributed by atoms with Crippen LogP contribution >= 0.6 is 12.4 Å². The van der Waals surface area contributed by atoms with Crippen LogP contribution in [0.4, 0.5) is 5.69 Å². The molecular formula is C15H24ClN3O2. The number of ether oxygens (including phenoxy) is 1. The molecule has 0 saturated carbocycles. The van der Waals surface area contributed by atoms with Crippen LogP contribution in [-0.2, 0) is 9.53 Å². The maximum absolute atomic E-state index is 12.1. The predicted octanol–water partition coefficient (Wildman–Crippen LogP) is 1.32. The first-order valence-electron chi connectivity index (χ1n) is 6.99. The number of nitrogens with one attached hydrogen (secondary N) is 1. The SMILES string of the molecule is Cc1ccc(C)c(NC(=O)CN2CCOC(CN)C2)c1.Cl. The molecule has 1 aromatic carbocycles. The van der Waals surface area contributed by atoms with E-state index in [0.717, 1.165) is 29.9 Å². The number of hydrogen-bond acceptors (Lipinski definition) is 4. The molecule has 1 unspecified atom stereocenters. The third kappa shape index (κ3) is 5.28. The van der Waals surface area contributed by atoms with Gasteiger partial charge in [0.25, 0.3) is 0 Å². The van der Waals surface area contributed by atoms with Crippen molar-refractivity contribution in [3.63, 3.8) is 0 Å². The molecule has 1 fully saturated rings. The summed E-state index contributed by atoms with van der Waals surface area (Å²) >= 11 is 0. The second-order valence-corrected chi connectivity index (χ2v) is 5.33. The fourth-order valence-corrected chi connectivity index (χ4v) is 2.33. The second kappa shape index (κ2) is 8.34. The van der Waals surface area contributed by atoms with E-state index in [0.29, 0.717) is 19.7 Å². The molecule has 118 valence electrons. The van der Waals surface area contributed by atoms with Crippen LogP contribution in [0, 0.1) is 13.8 Å². The molecule has 1 aliphatic rings. The quantitative estimate of drug-likeness (QED) is 0.880. The standard InChI is InChI=1S/C15H23N3O2.ClH/c1-11-3-4-12(2)14(7-11)17-15(19)10-18-5-6-20-13(8-16)9-18;/h3-4,7,13H,5-6,8-10,16H2,1-2H3,(H,17,19);1H. The molecule has 1 aromatic rings. The summed E-state index contributed by atoms with van der Waals surface area (Å²) < 4.78 is 5.49. The van der Waals surface area contributed by atoms with Crippen LogP contribution in [-0.4, -0.2) is 49.7 Å². The molecule has 3 N–H and O–H groups in total. The van der Waals surface area contributed by atoms with Crippen molar-refractivity contribution < 1.29 is 9.53 Å². The topological polar surface area (TPSA) is 67.6 Å². The number of anilines is 1. The van der Waals surface area contributed by atoms with Crippen molar-refractivity contribution in [1.29, 1.82) is 0 Å². The van der Waals surface area contributed by atoms with E-state index in [1.165, 1.54) is 0 Å². The fraction of sp³-hybridized carbons (Fsp3) is 0.533. The van der Waals surface area contributed by atoms with Gasteiger partial charge in [-0.25, -0.2) is 0 Å². The van der Waals surface area contributed by atoms with Crippen LogP contribution in [0.1, 0.15) is 11.1 Å². The first-order chi connectivity index (χ1) is 9.58. The minimum atomic E-state index is 0. The molecule has 6 heteroatoms. The molecule has 1 aliphatic heterocycles. The average Bonchev–Trinajstić information content (AvgIpc) is 2.43. The second-order valence-electron chi connectivity index (χ2n) is 5.33. The number of halogens is 1. The summed E-state index contributed by atoms with van der Waals surface area (Å²) in [5.41, 5.74) is 8.71. The van der Waals surface area contributed by atoms with E-state index in [1.54, 1.807) is 0 Å². The van der Waals surface area contributed by atoms with Crippen molar-refractivity contribution in [2.45, 2.75) is 20.0 Å². The van der Waals surface area contributed by atoms with E-state index in [1.807, 2.05) is 32.0 Å². The van der Waals surface area contributed by atoms with Crippen LogP contribution in [0.3, 0.4) is 0 Å². The molecule has 21 heavy (non-hydrogen) atoms. The number of rotatable bonds is 4. The monoisotopic (exact) mass is 313 g/mol. The van der Waals surface area contributed by atoms with Crippen molar-refractivity contribution >= 4 is 24.0 Å². The van der Waals surface area contributed by atoms with E-state index < -0.39 is 0 Å². The smallest absolute Gasteiger partial charge is 0.238 e. The molecule has 0 bridgehead atoms. The van der Waals surface area contributed by atoms with E-state index >= 15 is 0 Å². The van der Waals surface area contributed by atoms with Crippen LogP contribution in [0.2, 0.25) is 0 Å². The highest BCUT2D eigenvalue weighted by molar-refractivity contribution is 5.93. The van der Waals surface area contributed by atoms with Crippen molar-refractivity contribution in [3.8, 4) is 0 Å². The Balaban J connectivity index is 0.00000220. The molecular weight excluding hydrogens is 290 g/mol. The Morgan fingerprint density at radius 2 is 2.24 bits per heavy atom. The first-order valence-corrected chi connectivity index (χ1v) is 6.99. The van der Waals surface area contributed by atoms with Gasteiger partial charge < -0.3 is 15.8 Å². The Morgan fingerprint density at radius 1 is 1.48 bits per heavy atom. The third-order valence-electron chi connectivity index (χ3n) is 3.52. The molecule has 0 aliphatic carbocycles. The maximum Gasteiger partial charge on any atom is 0.238 e. The third-order valence-corrected chi connectivity index (χ3v) is 3.52. The molecule has 1 heterocycles. The molecule has 0 spiro atoms. The Hall–Kier alpha value is -1.14. The Bertz CT molecular complexity index is 482. The molecule has 1 atom stereocenters. The van der Waals surface area contributed by atoms with Crippen molar-refractivity contribution in [3.05, 3.63) is 29.3 Å². The lowest BCUT2D eigenvalue weighted by Gasteiger charge is -2.31. The number of carbonyl (C=O) groups is 1. The zero-order valence-corrected chi connectivity index (χ0v) is 13.4. The summed E-state index contributed by atoms with van der Waals surface area (Å²) in [6.45, 7) is 7.02. The lowest BCUT2D eigenvalue weighted by molar-refractivity contribution is -0.119. The van der Waals surface area contributed by atoms with Gasteiger partial charge in [-0.15, -0.1) is 12.4 Å². The van der Waals surface area contributed by atoms with Crippen LogP contribution in [0.25, 0.3) is 0 Å². The van der Waals surface area contributed by atoms with Gasteiger partial charge >= 0.3 is 0 Å². The number of nitrogens with zero attached hydrogens (tertiary/aromatic N) is 1. The number of hydrogen-bond donors (Lipinski definition) is 2. The van der Waals surface area contributed by atoms with Crippen LogP contribution in [0.5, 0.6) is 0 Å². The highest BCUT2D eigenvalue weighted by atomic mass is 35.5. The van der Waals surface area contributed by atoms with E-state index in [9.17, 15) is 4.79 Å². The van der Waals surface area contributed by atoms with Gasteiger partial charge in [-0.3, -0.25) is 9.69 Å². The van der Waals surface area contributed by atoms with Crippen molar-refractivity contribution in [2.75, 3.05) is 38.1 Å². The highest BCUT2D eigenvalue weighted by Gasteiger charge is 2.21. The molecule has 1 saturated heterocycles. The van der Waals surface area contributed by atoms with Crippen molar-refractivity contribution in [2.24, 2.45) is 5.73 Å². The summed E-state index contributed by atoms with van der Waals surface area (Å²) in [5, 5.41) is 2.98. The Labute approximate surface area is 132 Å². The molecule has 1 amide bonds. The van der Waals surface area contributed by atoms with Crippen LogP contribution in [0.15, 0.2) is 18.2 Å². The summed E-state index contributed by atoms with van der Waals surface area (Å²) in [4.78, 5) is 14.2.